The van der Waals surface area contributed by atoms with Crippen molar-refractivity contribution in [1.82, 2.24) is 4.90 Å². The molecule has 2 heterocycles. The van der Waals surface area contributed by atoms with Crippen LogP contribution in [0.25, 0.3) is 0 Å². The third-order valence-electron chi connectivity index (χ3n) is 5.37. The van der Waals surface area contributed by atoms with Crippen LogP contribution < -0.4 is 5.01 Å². The molecule has 0 saturated carbocycles. The van der Waals surface area contributed by atoms with Gasteiger partial charge in [-0.1, -0.05) is 12.1 Å². The minimum Gasteiger partial charge on any atom is -0.481 e. The average Bonchev–Trinajstić information content (AvgIpc) is 2.63. The van der Waals surface area contributed by atoms with Crippen LogP contribution in [-0.4, -0.2) is 46.6 Å². The van der Waals surface area contributed by atoms with Crippen LogP contribution in [0, 0.1) is 19.3 Å². The first kappa shape index (κ1) is 19.1. The van der Waals surface area contributed by atoms with Gasteiger partial charge in [-0.15, -0.1) is 0 Å². The highest BCUT2D eigenvalue weighted by molar-refractivity contribution is 6.40. The first-order valence-corrected chi connectivity index (χ1v) is 9.22. The Labute approximate surface area is 158 Å². The molecule has 2 aliphatic heterocycles. The molecule has 1 N–H and O–H groups in total. The predicted molar refractivity (Wildman–Crippen MR) is 102 cm³/mol. The van der Waals surface area contributed by atoms with E-state index in [-0.39, 0.29) is 31.2 Å². The van der Waals surface area contributed by atoms with Crippen molar-refractivity contribution in [2.45, 2.75) is 46.5 Å². The molecule has 0 bridgehead atoms. The van der Waals surface area contributed by atoms with E-state index in [1.165, 1.54) is 5.01 Å². The second-order valence-corrected chi connectivity index (χ2v) is 7.74. The molecule has 0 radical (unpaired) electrons. The van der Waals surface area contributed by atoms with Crippen molar-refractivity contribution in [1.29, 1.82) is 0 Å². The normalized spacial score (nSPS) is 23.2. The number of aliphatic carboxylic acids is 1. The summed E-state index contributed by atoms with van der Waals surface area (Å²) in [5.41, 5.74) is 1.96. The summed E-state index contributed by atoms with van der Waals surface area (Å²) in [7, 11) is 0. The molecule has 144 valence electrons. The quantitative estimate of drug-likeness (QED) is 0.884. The third kappa shape index (κ3) is 3.72. The SMILES string of the molecule is Cc1ccc(C)c(N2N=C(C(=O)N3CCCC(C)(C(=O)O)C3)CCC2=O)c1. The number of hydrogen-bond acceptors (Lipinski definition) is 4. The van der Waals surface area contributed by atoms with E-state index in [1.54, 1.807) is 11.8 Å². The standard InChI is InChI=1S/C20H25N3O4/c1-13-5-6-14(2)16(11-13)23-17(24)8-7-15(21-23)18(25)22-10-4-9-20(3,12-22)19(26)27/h5-6,11H,4,7-10,12H2,1-3H3,(H,26,27). The number of carboxylic acid groups (broad SMARTS) is 1. The van der Waals surface area contributed by atoms with Gasteiger partial charge in [-0.3, -0.25) is 14.4 Å². The van der Waals surface area contributed by atoms with Gasteiger partial charge in [0.15, 0.2) is 0 Å². The van der Waals surface area contributed by atoms with Gasteiger partial charge in [0.05, 0.1) is 11.1 Å². The maximum Gasteiger partial charge on any atom is 0.311 e. The highest BCUT2D eigenvalue weighted by atomic mass is 16.4. The molecule has 1 aromatic carbocycles. The van der Waals surface area contributed by atoms with Gasteiger partial charge in [-0.2, -0.15) is 5.10 Å². The predicted octanol–water partition coefficient (Wildman–Crippen LogP) is 2.50. The Morgan fingerprint density at radius 2 is 1.96 bits per heavy atom. The molecule has 7 heteroatoms. The second-order valence-electron chi connectivity index (χ2n) is 7.74. The minimum atomic E-state index is -0.939. The van der Waals surface area contributed by atoms with Crippen LogP contribution in [0.3, 0.4) is 0 Å². The van der Waals surface area contributed by atoms with Crippen molar-refractivity contribution < 1.29 is 19.5 Å². The van der Waals surface area contributed by atoms with Gasteiger partial charge in [0.2, 0.25) is 5.91 Å². The van der Waals surface area contributed by atoms with Crippen molar-refractivity contribution in [3.8, 4) is 0 Å². The van der Waals surface area contributed by atoms with Gasteiger partial charge < -0.3 is 10.0 Å². The van der Waals surface area contributed by atoms with Gasteiger partial charge in [0, 0.05) is 25.9 Å². The van der Waals surface area contributed by atoms with Crippen LogP contribution >= 0.6 is 0 Å². The molecule has 3 rings (SSSR count). The number of nitrogens with zero attached hydrogens (tertiary/aromatic N) is 3. The monoisotopic (exact) mass is 371 g/mol. The maximum atomic E-state index is 13.0. The Hall–Kier alpha value is -2.70. The fraction of sp³-hybridized carbons (Fsp3) is 0.500. The number of amides is 2. The number of piperidine rings is 1. The molecule has 0 spiro atoms. The first-order valence-electron chi connectivity index (χ1n) is 9.22. The lowest BCUT2D eigenvalue weighted by Gasteiger charge is -2.38. The maximum absolute atomic E-state index is 13.0. The Kier molecular flexibility index (Phi) is 5.04. The molecule has 1 atom stereocenters. The molecule has 2 aliphatic rings. The van der Waals surface area contributed by atoms with E-state index in [4.69, 9.17) is 0 Å². The molecule has 1 saturated heterocycles. The van der Waals surface area contributed by atoms with Crippen molar-refractivity contribution in [2.75, 3.05) is 18.1 Å². The molecule has 27 heavy (non-hydrogen) atoms. The molecule has 2 amide bonds. The minimum absolute atomic E-state index is 0.144. The number of anilines is 1. The summed E-state index contributed by atoms with van der Waals surface area (Å²) in [5.74, 6) is -1.31. The molecule has 0 aliphatic carbocycles. The van der Waals surface area contributed by atoms with E-state index in [9.17, 15) is 19.5 Å². The third-order valence-corrected chi connectivity index (χ3v) is 5.37. The fourth-order valence-corrected chi connectivity index (χ4v) is 3.61. The van der Waals surface area contributed by atoms with Crippen molar-refractivity contribution in [3.63, 3.8) is 0 Å². The van der Waals surface area contributed by atoms with E-state index in [0.717, 1.165) is 11.1 Å². The zero-order valence-electron chi connectivity index (χ0n) is 16.0. The number of aryl methyl sites for hydroxylation is 2. The second kappa shape index (κ2) is 7.13. The number of likely N-dealkylation sites (tertiary alicyclic amines) is 1. The number of benzene rings is 1. The number of carbonyl (C=O) groups is 3. The lowest BCUT2D eigenvalue weighted by molar-refractivity contribution is -0.152. The zero-order chi connectivity index (χ0) is 19.8. The number of carbonyl (C=O) groups excluding carboxylic acids is 2. The Bertz CT molecular complexity index is 833. The van der Waals surface area contributed by atoms with Crippen molar-refractivity contribution in [2.24, 2.45) is 10.5 Å². The van der Waals surface area contributed by atoms with Crippen LogP contribution in [0.5, 0.6) is 0 Å². The van der Waals surface area contributed by atoms with Gasteiger partial charge in [-0.25, -0.2) is 5.01 Å². The van der Waals surface area contributed by atoms with E-state index >= 15 is 0 Å². The molecular formula is C20H25N3O4. The smallest absolute Gasteiger partial charge is 0.311 e. The van der Waals surface area contributed by atoms with Crippen molar-refractivity contribution in [3.05, 3.63) is 29.3 Å². The van der Waals surface area contributed by atoms with E-state index in [0.29, 0.717) is 30.8 Å². The lowest BCUT2D eigenvalue weighted by Crippen LogP contribution is -2.51. The topological polar surface area (TPSA) is 90.3 Å². The van der Waals surface area contributed by atoms with Gasteiger partial charge in [0.1, 0.15) is 5.71 Å². The van der Waals surface area contributed by atoms with Gasteiger partial charge in [0.25, 0.3) is 5.91 Å². The van der Waals surface area contributed by atoms with E-state index in [2.05, 4.69) is 5.10 Å². The number of hydrazone groups is 1. The van der Waals surface area contributed by atoms with E-state index in [1.807, 2.05) is 32.0 Å². The molecule has 0 aromatic heterocycles. The van der Waals surface area contributed by atoms with Crippen LogP contribution in [-0.2, 0) is 14.4 Å². The molecule has 1 unspecified atom stereocenters. The fourth-order valence-electron chi connectivity index (χ4n) is 3.61. The number of carboxylic acids is 1. The summed E-state index contributed by atoms with van der Waals surface area (Å²) < 4.78 is 0. The molecule has 1 fully saturated rings. The van der Waals surface area contributed by atoms with Crippen LogP contribution in [0.15, 0.2) is 23.3 Å². The lowest BCUT2D eigenvalue weighted by atomic mass is 9.82. The Morgan fingerprint density at radius 3 is 2.67 bits per heavy atom. The summed E-state index contributed by atoms with van der Waals surface area (Å²) in [5, 5.41) is 15.2. The average molecular weight is 371 g/mol. The summed E-state index contributed by atoms with van der Waals surface area (Å²) >= 11 is 0. The summed E-state index contributed by atoms with van der Waals surface area (Å²) in [6, 6.07) is 5.77. The molecular weight excluding hydrogens is 346 g/mol. The largest absolute Gasteiger partial charge is 0.481 e. The van der Waals surface area contributed by atoms with Gasteiger partial charge in [-0.05, 0) is 50.8 Å². The van der Waals surface area contributed by atoms with Crippen LogP contribution in [0.1, 0.15) is 43.7 Å². The summed E-state index contributed by atoms with van der Waals surface area (Å²) in [6.07, 6.45) is 1.68. The summed E-state index contributed by atoms with van der Waals surface area (Å²) in [4.78, 5) is 38.5. The number of hydrogen-bond donors (Lipinski definition) is 1. The van der Waals surface area contributed by atoms with Crippen LogP contribution in [0.4, 0.5) is 5.69 Å². The Morgan fingerprint density at radius 1 is 1.22 bits per heavy atom. The van der Waals surface area contributed by atoms with Gasteiger partial charge >= 0.3 is 5.97 Å². The highest BCUT2D eigenvalue weighted by Gasteiger charge is 2.40. The first-order chi connectivity index (χ1) is 12.7. The van der Waals surface area contributed by atoms with Crippen LogP contribution in [0.2, 0.25) is 0 Å². The molecule has 7 nitrogen and oxygen atoms in total. The zero-order valence-corrected chi connectivity index (χ0v) is 16.0. The number of rotatable bonds is 3. The Balaban J connectivity index is 1.87. The van der Waals surface area contributed by atoms with E-state index < -0.39 is 11.4 Å². The molecule has 1 aromatic rings. The highest BCUT2D eigenvalue weighted by Crippen LogP contribution is 2.31. The van der Waals surface area contributed by atoms with Crippen molar-refractivity contribution >= 4 is 29.2 Å². The summed E-state index contributed by atoms with van der Waals surface area (Å²) in [6.45, 7) is 6.18.